The van der Waals surface area contributed by atoms with Crippen molar-refractivity contribution in [3.05, 3.63) is 66.0 Å². The maximum absolute atomic E-state index is 13.0. The lowest BCUT2D eigenvalue weighted by Crippen LogP contribution is -2.40. The highest BCUT2D eigenvalue weighted by molar-refractivity contribution is 6.07. The lowest BCUT2D eigenvalue weighted by molar-refractivity contribution is -0.131. The van der Waals surface area contributed by atoms with Crippen molar-refractivity contribution < 1.29 is 9.59 Å². The maximum Gasteiger partial charge on any atom is 0.325 e. The number of hydrogen-bond acceptors (Lipinski definition) is 3. The summed E-state index contributed by atoms with van der Waals surface area (Å²) in [6.45, 7) is 1.95. The van der Waals surface area contributed by atoms with E-state index in [4.69, 9.17) is 0 Å². The Morgan fingerprint density at radius 1 is 1.08 bits per heavy atom. The van der Waals surface area contributed by atoms with E-state index in [0.29, 0.717) is 0 Å². The van der Waals surface area contributed by atoms with Crippen LogP contribution in [0.2, 0.25) is 0 Å². The molecular weight excluding hydrogens is 316 g/mol. The normalized spacial score (nSPS) is 20.3. The summed E-state index contributed by atoms with van der Waals surface area (Å²) in [5.74, 6) is -0.256. The Bertz CT molecular complexity index is 994. The van der Waals surface area contributed by atoms with Crippen molar-refractivity contribution in [3.8, 4) is 0 Å². The first-order chi connectivity index (χ1) is 12.0. The number of aromatic nitrogens is 2. The quantitative estimate of drug-likeness (QED) is 0.749. The average Bonchev–Trinajstić information content (AvgIpc) is 3.11. The molecule has 0 unspecified atom stereocenters. The molecule has 3 aromatic rings. The Kier molecular flexibility index (Phi) is 3.35. The standard InChI is InChI=1S/C19H18N4O2/c1-19(15-8-7-13-5-3-4-6-14(13)11-15)17(24)23(18(25)21-19)12-16-9-10-20-22(16)2/h3-11H,12H2,1-2H3,(H,21,25)/t19-/m0/s1. The minimum atomic E-state index is -1.07. The fourth-order valence-electron chi connectivity index (χ4n) is 3.25. The first-order valence-electron chi connectivity index (χ1n) is 8.09. The van der Waals surface area contributed by atoms with Gasteiger partial charge < -0.3 is 5.32 Å². The van der Waals surface area contributed by atoms with E-state index in [1.54, 1.807) is 30.9 Å². The number of carbonyl (C=O) groups is 2. The van der Waals surface area contributed by atoms with E-state index in [1.807, 2.05) is 42.5 Å². The Morgan fingerprint density at radius 3 is 2.56 bits per heavy atom. The summed E-state index contributed by atoms with van der Waals surface area (Å²) in [5, 5.41) is 9.07. The van der Waals surface area contributed by atoms with Gasteiger partial charge in [0.1, 0.15) is 5.54 Å². The smallest absolute Gasteiger partial charge is 0.319 e. The van der Waals surface area contributed by atoms with Gasteiger partial charge in [-0.15, -0.1) is 0 Å². The average molecular weight is 334 g/mol. The molecule has 126 valence electrons. The Hall–Kier alpha value is -3.15. The largest absolute Gasteiger partial charge is 0.325 e. The van der Waals surface area contributed by atoms with E-state index < -0.39 is 5.54 Å². The Morgan fingerprint density at radius 2 is 1.84 bits per heavy atom. The zero-order chi connectivity index (χ0) is 17.6. The number of aryl methyl sites for hydroxylation is 1. The molecule has 0 bridgehead atoms. The van der Waals surface area contributed by atoms with Gasteiger partial charge in [-0.1, -0.05) is 36.4 Å². The van der Waals surface area contributed by atoms with E-state index in [0.717, 1.165) is 22.0 Å². The predicted molar refractivity (Wildman–Crippen MR) is 93.6 cm³/mol. The first kappa shape index (κ1) is 15.4. The zero-order valence-corrected chi connectivity index (χ0v) is 14.1. The van der Waals surface area contributed by atoms with Gasteiger partial charge in [0.25, 0.3) is 5.91 Å². The van der Waals surface area contributed by atoms with Crippen molar-refractivity contribution in [1.29, 1.82) is 0 Å². The summed E-state index contributed by atoms with van der Waals surface area (Å²) < 4.78 is 1.66. The molecular formula is C19H18N4O2. The maximum atomic E-state index is 13.0. The number of fused-ring (bicyclic) bond motifs is 1. The third-order valence-corrected chi connectivity index (χ3v) is 4.84. The predicted octanol–water partition coefficient (Wildman–Crippen LogP) is 2.54. The molecule has 6 nitrogen and oxygen atoms in total. The lowest BCUT2D eigenvalue weighted by Gasteiger charge is -2.22. The Labute approximate surface area is 145 Å². The molecule has 1 fully saturated rings. The molecule has 25 heavy (non-hydrogen) atoms. The van der Waals surface area contributed by atoms with Gasteiger partial charge in [-0.3, -0.25) is 14.4 Å². The van der Waals surface area contributed by atoms with E-state index in [9.17, 15) is 9.59 Å². The Balaban J connectivity index is 1.70. The van der Waals surface area contributed by atoms with Crippen molar-refractivity contribution in [2.24, 2.45) is 7.05 Å². The lowest BCUT2D eigenvalue weighted by atomic mass is 9.90. The molecule has 0 saturated carbocycles. The highest BCUT2D eigenvalue weighted by Crippen LogP contribution is 2.31. The number of benzene rings is 2. The van der Waals surface area contributed by atoms with Crippen LogP contribution in [0.4, 0.5) is 4.79 Å². The topological polar surface area (TPSA) is 67.2 Å². The molecule has 1 atom stereocenters. The SMILES string of the molecule is Cn1nccc1CN1C(=O)N[C@@](C)(c2ccc3ccccc3c2)C1=O. The van der Waals surface area contributed by atoms with E-state index in [1.165, 1.54) is 4.90 Å². The van der Waals surface area contributed by atoms with E-state index in [2.05, 4.69) is 10.4 Å². The highest BCUT2D eigenvalue weighted by atomic mass is 16.2. The van der Waals surface area contributed by atoms with E-state index in [-0.39, 0.29) is 18.5 Å². The second kappa shape index (κ2) is 5.44. The number of nitrogens with zero attached hydrogens (tertiary/aromatic N) is 3. The molecule has 1 saturated heterocycles. The summed E-state index contributed by atoms with van der Waals surface area (Å²) in [5.41, 5.74) is 0.503. The number of nitrogens with one attached hydrogen (secondary N) is 1. The molecule has 6 heteroatoms. The van der Waals surface area contributed by atoms with Crippen molar-refractivity contribution in [2.45, 2.75) is 19.0 Å². The summed E-state index contributed by atoms with van der Waals surface area (Å²) in [6, 6.07) is 15.2. The van der Waals surface area contributed by atoms with Gasteiger partial charge in [-0.25, -0.2) is 4.79 Å². The van der Waals surface area contributed by atoms with Crippen molar-refractivity contribution in [1.82, 2.24) is 20.0 Å². The molecule has 2 aromatic carbocycles. The van der Waals surface area contributed by atoms with Crippen molar-refractivity contribution in [2.75, 3.05) is 0 Å². The van der Waals surface area contributed by atoms with Crippen LogP contribution in [-0.2, 0) is 23.9 Å². The zero-order valence-electron chi connectivity index (χ0n) is 14.1. The van der Waals surface area contributed by atoms with Crippen LogP contribution in [-0.4, -0.2) is 26.6 Å². The van der Waals surface area contributed by atoms with Gasteiger partial charge in [-0.05, 0) is 35.4 Å². The molecule has 1 N–H and O–H groups in total. The number of urea groups is 1. The fourth-order valence-corrected chi connectivity index (χ4v) is 3.25. The summed E-state index contributed by atoms with van der Waals surface area (Å²) in [7, 11) is 1.79. The number of carbonyl (C=O) groups excluding carboxylic acids is 2. The summed E-state index contributed by atoms with van der Waals surface area (Å²) in [4.78, 5) is 26.7. The van der Waals surface area contributed by atoms with Crippen LogP contribution in [0.15, 0.2) is 54.7 Å². The van der Waals surface area contributed by atoms with Gasteiger partial charge in [-0.2, -0.15) is 5.10 Å². The van der Waals surface area contributed by atoms with Gasteiger partial charge >= 0.3 is 6.03 Å². The minimum absolute atomic E-state index is 0.199. The van der Waals surface area contributed by atoms with Crippen molar-refractivity contribution in [3.63, 3.8) is 0 Å². The van der Waals surface area contributed by atoms with Crippen LogP contribution in [0.3, 0.4) is 0 Å². The van der Waals surface area contributed by atoms with Crippen molar-refractivity contribution >= 4 is 22.7 Å². The molecule has 3 amide bonds. The highest BCUT2D eigenvalue weighted by Gasteiger charge is 2.49. The van der Waals surface area contributed by atoms with Crippen LogP contribution in [0.5, 0.6) is 0 Å². The van der Waals surface area contributed by atoms with Crippen LogP contribution < -0.4 is 5.32 Å². The van der Waals surface area contributed by atoms with Gasteiger partial charge in [0.15, 0.2) is 0 Å². The minimum Gasteiger partial charge on any atom is -0.319 e. The van der Waals surface area contributed by atoms with Crippen LogP contribution in [0.1, 0.15) is 18.2 Å². The molecule has 1 aliphatic heterocycles. The third kappa shape index (κ3) is 2.38. The summed E-state index contributed by atoms with van der Waals surface area (Å²) >= 11 is 0. The second-order valence-corrected chi connectivity index (χ2v) is 6.45. The van der Waals surface area contributed by atoms with E-state index >= 15 is 0 Å². The number of hydrogen-bond donors (Lipinski definition) is 1. The van der Waals surface area contributed by atoms with Gasteiger partial charge in [0, 0.05) is 13.2 Å². The van der Waals surface area contributed by atoms with Crippen LogP contribution >= 0.6 is 0 Å². The number of imide groups is 1. The summed E-state index contributed by atoms with van der Waals surface area (Å²) in [6.07, 6.45) is 1.65. The molecule has 0 radical (unpaired) electrons. The fraction of sp³-hybridized carbons (Fsp3) is 0.211. The molecule has 0 aliphatic carbocycles. The first-order valence-corrected chi connectivity index (χ1v) is 8.09. The van der Waals surface area contributed by atoms with Crippen LogP contribution in [0.25, 0.3) is 10.8 Å². The molecule has 4 rings (SSSR count). The monoisotopic (exact) mass is 334 g/mol. The molecule has 1 aliphatic rings. The number of rotatable bonds is 3. The van der Waals surface area contributed by atoms with Gasteiger partial charge in [0.2, 0.25) is 0 Å². The second-order valence-electron chi connectivity index (χ2n) is 6.45. The number of amides is 3. The molecule has 1 aromatic heterocycles. The van der Waals surface area contributed by atoms with Gasteiger partial charge in [0.05, 0.1) is 12.2 Å². The third-order valence-electron chi connectivity index (χ3n) is 4.84. The molecule has 2 heterocycles. The molecule has 0 spiro atoms. The van der Waals surface area contributed by atoms with Crippen LogP contribution in [0, 0.1) is 0 Å².